The van der Waals surface area contributed by atoms with E-state index in [2.05, 4.69) is 10.2 Å². The van der Waals surface area contributed by atoms with Crippen molar-refractivity contribution in [1.29, 1.82) is 0 Å². The Morgan fingerprint density at radius 3 is 2.11 bits per heavy atom. The molecule has 0 unspecified atom stereocenters. The molecule has 2 amide bonds. The van der Waals surface area contributed by atoms with Gasteiger partial charge in [-0.1, -0.05) is 72.8 Å². The molecule has 0 saturated carbocycles. The first-order valence-electron chi connectivity index (χ1n) is 11.5. The summed E-state index contributed by atoms with van der Waals surface area (Å²) in [6.07, 6.45) is -5.30. The van der Waals surface area contributed by atoms with Gasteiger partial charge in [0.2, 0.25) is 5.72 Å². The fourth-order valence-electron chi connectivity index (χ4n) is 4.48. The summed E-state index contributed by atoms with van der Waals surface area (Å²) < 4.78 is 42.3. The van der Waals surface area contributed by atoms with Crippen LogP contribution >= 0.6 is 0 Å². The highest BCUT2D eigenvalue weighted by molar-refractivity contribution is 6.00. The van der Waals surface area contributed by atoms with Crippen molar-refractivity contribution in [3.63, 3.8) is 0 Å². The molecule has 0 aliphatic carbocycles. The molecular formula is C27H26F3N3O3. The van der Waals surface area contributed by atoms with Crippen LogP contribution in [0.2, 0.25) is 0 Å². The zero-order valence-corrected chi connectivity index (χ0v) is 19.5. The Hall–Kier alpha value is -3.85. The summed E-state index contributed by atoms with van der Waals surface area (Å²) >= 11 is 0. The van der Waals surface area contributed by atoms with E-state index in [-0.39, 0.29) is 11.1 Å². The highest BCUT2D eigenvalue weighted by Crippen LogP contribution is 2.44. The number of urea groups is 1. The Morgan fingerprint density at radius 2 is 1.56 bits per heavy atom. The second-order valence-corrected chi connectivity index (χ2v) is 8.64. The van der Waals surface area contributed by atoms with E-state index in [1.54, 1.807) is 35.6 Å². The quantitative estimate of drug-likeness (QED) is 0.409. The number of carbonyl (C=O) groups excluding carboxylic acids is 2. The molecule has 3 N–H and O–H groups in total. The Kier molecular flexibility index (Phi) is 7.03. The van der Waals surface area contributed by atoms with Gasteiger partial charge < -0.3 is 20.6 Å². The van der Waals surface area contributed by atoms with E-state index in [0.717, 1.165) is 11.3 Å². The van der Waals surface area contributed by atoms with E-state index in [1.165, 1.54) is 24.3 Å². The number of ketones is 1. The van der Waals surface area contributed by atoms with Gasteiger partial charge in [0.15, 0.2) is 5.78 Å². The lowest BCUT2D eigenvalue weighted by Crippen LogP contribution is -2.72. The average Bonchev–Trinajstić information content (AvgIpc) is 2.87. The molecule has 0 spiro atoms. The fourth-order valence-corrected chi connectivity index (χ4v) is 4.48. The third kappa shape index (κ3) is 4.92. The molecule has 3 aromatic carbocycles. The normalized spacial score (nSPS) is 21.9. The number of benzene rings is 3. The highest BCUT2D eigenvalue weighted by Gasteiger charge is 2.66. The van der Waals surface area contributed by atoms with Gasteiger partial charge >= 0.3 is 12.2 Å². The number of nitrogens with one attached hydrogen (secondary N) is 2. The smallest absolute Gasteiger partial charge is 0.367 e. The summed E-state index contributed by atoms with van der Waals surface area (Å²) in [5, 5.41) is 14.7. The Labute approximate surface area is 206 Å². The number of Topliss-reactive ketones (excluding diaryl/α,β-unsaturated/α-hetero) is 1. The SMILES string of the molecule is CCN(Cc1ccccc1)c1ccc([C@@H]2NC(=O)N[C@](O)(C(F)(F)F)[C@@H]2C(=O)c2ccccc2)cc1. The van der Waals surface area contributed by atoms with Crippen LogP contribution in [-0.2, 0) is 6.54 Å². The second kappa shape index (κ2) is 10.0. The van der Waals surface area contributed by atoms with Gasteiger partial charge in [-0.15, -0.1) is 0 Å². The van der Waals surface area contributed by atoms with E-state index in [1.807, 2.05) is 37.3 Å². The van der Waals surface area contributed by atoms with Gasteiger partial charge in [-0.3, -0.25) is 4.79 Å². The Morgan fingerprint density at radius 1 is 0.972 bits per heavy atom. The van der Waals surface area contributed by atoms with Gasteiger partial charge in [0.05, 0.1) is 6.04 Å². The molecule has 4 rings (SSSR count). The standard InChI is InChI=1S/C27H26F3N3O3/c1-2-33(17-18-9-5-3-6-10-18)21-15-13-19(14-16-21)23-22(24(34)20-11-7-4-8-12-20)26(36,27(28,29)30)32-25(35)31-23/h3-16,22-23,36H,2,17H2,1H3,(H2,31,32,35)/t22-,23-,26+/m0/s1. The van der Waals surface area contributed by atoms with E-state index in [9.17, 15) is 27.9 Å². The topological polar surface area (TPSA) is 81.7 Å². The second-order valence-electron chi connectivity index (χ2n) is 8.64. The maximum absolute atomic E-state index is 14.1. The van der Waals surface area contributed by atoms with Crippen molar-refractivity contribution in [3.05, 3.63) is 102 Å². The van der Waals surface area contributed by atoms with Crippen LogP contribution in [0.4, 0.5) is 23.7 Å². The molecule has 3 aromatic rings. The number of hydrogen-bond acceptors (Lipinski definition) is 4. The number of nitrogens with zero attached hydrogens (tertiary/aromatic N) is 1. The summed E-state index contributed by atoms with van der Waals surface area (Å²) in [5.41, 5.74) is -1.58. The molecule has 1 aliphatic heterocycles. The summed E-state index contributed by atoms with van der Waals surface area (Å²) in [5.74, 6) is -3.01. The van der Waals surface area contributed by atoms with Crippen LogP contribution in [0.5, 0.6) is 0 Å². The van der Waals surface area contributed by atoms with Crippen LogP contribution in [0.3, 0.4) is 0 Å². The summed E-state index contributed by atoms with van der Waals surface area (Å²) in [6, 6.07) is 21.2. The zero-order valence-electron chi connectivity index (χ0n) is 19.5. The molecule has 0 bridgehead atoms. The summed E-state index contributed by atoms with van der Waals surface area (Å²) in [4.78, 5) is 27.6. The number of halogens is 3. The monoisotopic (exact) mass is 497 g/mol. The molecule has 0 radical (unpaired) electrons. The fraction of sp³-hybridized carbons (Fsp3) is 0.259. The number of anilines is 1. The molecule has 1 saturated heterocycles. The maximum Gasteiger partial charge on any atom is 0.437 e. The van der Waals surface area contributed by atoms with E-state index >= 15 is 0 Å². The molecular weight excluding hydrogens is 471 g/mol. The van der Waals surface area contributed by atoms with E-state index < -0.39 is 35.7 Å². The molecule has 3 atom stereocenters. The van der Waals surface area contributed by atoms with Crippen molar-refractivity contribution in [2.75, 3.05) is 11.4 Å². The van der Waals surface area contributed by atoms with Crippen LogP contribution in [0.15, 0.2) is 84.9 Å². The van der Waals surface area contributed by atoms with Crippen LogP contribution in [-0.4, -0.2) is 35.4 Å². The number of hydrogen-bond donors (Lipinski definition) is 3. The van der Waals surface area contributed by atoms with Gasteiger partial charge in [-0.25, -0.2) is 4.79 Å². The first-order valence-corrected chi connectivity index (χ1v) is 11.5. The minimum absolute atomic E-state index is 0.00948. The predicted molar refractivity (Wildman–Crippen MR) is 129 cm³/mol. The van der Waals surface area contributed by atoms with Crippen molar-refractivity contribution < 1.29 is 27.9 Å². The third-order valence-corrected chi connectivity index (χ3v) is 6.36. The lowest BCUT2D eigenvalue weighted by atomic mass is 9.77. The first-order chi connectivity index (χ1) is 17.1. The van der Waals surface area contributed by atoms with Crippen molar-refractivity contribution in [3.8, 4) is 0 Å². The number of alkyl halides is 3. The van der Waals surface area contributed by atoms with Crippen LogP contribution in [0.1, 0.15) is 34.5 Å². The van der Waals surface area contributed by atoms with Gasteiger partial charge in [0, 0.05) is 24.3 Å². The summed E-state index contributed by atoms with van der Waals surface area (Å²) in [7, 11) is 0. The minimum atomic E-state index is -5.30. The highest BCUT2D eigenvalue weighted by atomic mass is 19.4. The van der Waals surface area contributed by atoms with Gasteiger partial charge in [0.25, 0.3) is 0 Å². The minimum Gasteiger partial charge on any atom is -0.367 e. The largest absolute Gasteiger partial charge is 0.437 e. The Bertz CT molecular complexity index is 1200. The molecule has 0 aromatic heterocycles. The predicted octanol–water partition coefficient (Wildman–Crippen LogP) is 4.82. The van der Waals surface area contributed by atoms with Gasteiger partial charge in [-0.05, 0) is 30.2 Å². The number of amides is 2. The van der Waals surface area contributed by atoms with Gasteiger partial charge in [0.1, 0.15) is 5.92 Å². The number of rotatable bonds is 7. The van der Waals surface area contributed by atoms with Crippen molar-refractivity contribution in [2.45, 2.75) is 31.4 Å². The van der Waals surface area contributed by atoms with E-state index in [4.69, 9.17) is 0 Å². The maximum atomic E-state index is 14.1. The molecule has 1 aliphatic rings. The van der Waals surface area contributed by atoms with Crippen LogP contribution in [0.25, 0.3) is 0 Å². The molecule has 6 nitrogen and oxygen atoms in total. The lowest BCUT2D eigenvalue weighted by molar-refractivity contribution is -0.287. The molecule has 1 fully saturated rings. The molecule has 1 heterocycles. The van der Waals surface area contributed by atoms with Crippen molar-refractivity contribution in [1.82, 2.24) is 10.6 Å². The Balaban J connectivity index is 1.70. The number of aliphatic hydroxyl groups is 1. The van der Waals surface area contributed by atoms with Crippen LogP contribution < -0.4 is 15.5 Å². The first kappa shape index (κ1) is 25.2. The molecule has 188 valence electrons. The summed E-state index contributed by atoms with van der Waals surface area (Å²) in [6.45, 7) is 3.30. The van der Waals surface area contributed by atoms with Crippen LogP contribution in [0, 0.1) is 5.92 Å². The van der Waals surface area contributed by atoms with Crippen molar-refractivity contribution >= 4 is 17.5 Å². The van der Waals surface area contributed by atoms with E-state index in [0.29, 0.717) is 13.1 Å². The van der Waals surface area contributed by atoms with Crippen molar-refractivity contribution in [2.24, 2.45) is 5.92 Å². The number of carbonyl (C=O) groups is 2. The lowest BCUT2D eigenvalue weighted by Gasteiger charge is -2.45. The average molecular weight is 498 g/mol. The zero-order chi connectivity index (χ0) is 25.9. The molecule has 36 heavy (non-hydrogen) atoms. The third-order valence-electron chi connectivity index (χ3n) is 6.36. The molecule has 9 heteroatoms. The van der Waals surface area contributed by atoms with Gasteiger partial charge in [-0.2, -0.15) is 13.2 Å².